The van der Waals surface area contributed by atoms with Gasteiger partial charge in [-0.3, -0.25) is 14.9 Å². The molecule has 108 valence electrons. The lowest BCUT2D eigenvalue weighted by molar-refractivity contribution is -0.384. The van der Waals surface area contributed by atoms with Crippen LogP contribution in [0.25, 0.3) is 0 Å². The van der Waals surface area contributed by atoms with Crippen molar-refractivity contribution < 1.29 is 14.1 Å². The summed E-state index contributed by atoms with van der Waals surface area (Å²) in [5, 5.41) is 13.0. The van der Waals surface area contributed by atoms with Crippen LogP contribution in [0.15, 0.2) is 42.5 Å². The van der Waals surface area contributed by atoms with Gasteiger partial charge in [0.25, 0.3) is 5.69 Å². The van der Waals surface area contributed by atoms with Gasteiger partial charge in [0.1, 0.15) is 5.82 Å². The summed E-state index contributed by atoms with van der Waals surface area (Å²) in [6.45, 7) is 1.87. The van der Waals surface area contributed by atoms with Crippen LogP contribution in [0, 0.1) is 22.9 Å². The fourth-order valence-corrected chi connectivity index (χ4v) is 1.90. The van der Waals surface area contributed by atoms with Crippen molar-refractivity contribution >= 4 is 17.3 Å². The van der Waals surface area contributed by atoms with Crippen molar-refractivity contribution in [3.63, 3.8) is 0 Å². The van der Waals surface area contributed by atoms with Crippen molar-refractivity contribution in [3.05, 3.63) is 69.5 Å². The third-order valence-electron chi connectivity index (χ3n) is 3.05. The molecule has 0 spiro atoms. The molecule has 1 N–H and O–H groups in total. The van der Waals surface area contributed by atoms with E-state index in [9.17, 15) is 19.3 Å². The van der Waals surface area contributed by atoms with Gasteiger partial charge in [-0.2, -0.15) is 0 Å². The predicted octanol–water partition coefficient (Wildman–Crippen LogP) is 3.22. The molecule has 0 aliphatic heterocycles. The number of anilines is 1. The molecule has 0 atom stereocenters. The molecule has 2 aromatic carbocycles. The minimum absolute atomic E-state index is 0.0782. The van der Waals surface area contributed by atoms with Crippen LogP contribution in [-0.4, -0.2) is 10.8 Å². The zero-order chi connectivity index (χ0) is 15.4. The Morgan fingerprint density at radius 3 is 2.67 bits per heavy atom. The first-order valence-corrected chi connectivity index (χ1v) is 6.25. The maximum absolute atomic E-state index is 13.6. The summed E-state index contributed by atoms with van der Waals surface area (Å²) in [5.74, 6) is -1.14. The van der Waals surface area contributed by atoms with E-state index < -0.39 is 16.6 Å². The minimum atomic E-state index is -0.710. The lowest BCUT2D eigenvalue weighted by Crippen LogP contribution is -2.16. The monoisotopic (exact) mass is 288 g/mol. The van der Waals surface area contributed by atoms with Gasteiger partial charge in [-0.05, 0) is 24.1 Å². The van der Waals surface area contributed by atoms with Gasteiger partial charge in [-0.15, -0.1) is 0 Å². The number of aryl methyl sites for hydroxylation is 1. The van der Waals surface area contributed by atoms with Crippen LogP contribution in [0.3, 0.4) is 0 Å². The van der Waals surface area contributed by atoms with Crippen molar-refractivity contribution in [1.82, 2.24) is 0 Å². The average Bonchev–Trinajstić information content (AvgIpc) is 2.43. The van der Waals surface area contributed by atoms with Gasteiger partial charge in [0.2, 0.25) is 5.91 Å². The van der Waals surface area contributed by atoms with Gasteiger partial charge >= 0.3 is 0 Å². The number of nitro benzene ring substituents is 1. The summed E-state index contributed by atoms with van der Waals surface area (Å²) >= 11 is 0. The molecule has 2 aromatic rings. The van der Waals surface area contributed by atoms with E-state index in [-0.39, 0.29) is 17.8 Å². The molecule has 0 aliphatic rings. The third kappa shape index (κ3) is 3.62. The van der Waals surface area contributed by atoms with Crippen LogP contribution < -0.4 is 5.32 Å². The molecule has 0 fully saturated rings. The highest BCUT2D eigenvalue weighted by Gasteiger charge is 2.13. The molecule has 0 aliphatic carbocycles. The molecule has 0 radical (unpaired) electrons. The van der Waals surface area contributed by atoms with E-state index in [0.29, 0.717) is 0 Å². The van der Waals surface area contributed by atoms with Crippen molar-refractivity contribution in [2.75, 3.05) is 5.32 Å². The summed E-state index contributed by atoms with van der Waals surface area (Å²) in [5.41, 5.74) is 1.30. The van der Waals surface area contributed by atoms with Gasteiger partial charge in [0.15, 0.2) is 0 Å². The minimum Gasteiger partial charge on any atom is -0.323 e. The van der Waals surface area contributed by atoms with Gasteiger partial charge in [0.05, 0.1) is 17.0 Å². The number of carbonyl (C=O) groups is 1. The summed E-state index contributed by atoms with van der Waals surface area (Å²) < 4.78 is 13.6. The highest BCUT2D eigenvalue weighted by Crippen LogP contribution is 2.21. The zero-order valence-corrected chi connectivity index (χ0v) is 11.3. The van der Waals surface area contributed by atoms with Gasteiger partial charge in [0, 0.05) is 12.1 Å². The summed E-state index contributed by atoms with van der Waals surface area (Å²) in [6.07, 6.45) is 0.0782. The summed E-state index contributed by atoms with van der Waals surface area (Å²) in [4.78, 5) is 21.9. The number of halogens is 1. The Kier molecular flexibility index (Phi) is 4.27. The van der Waals surface area contributed by atoms with Gasteiger partial charge in [-0.1, -0.05) is 24.3 Å². The molecule has 0 saturated heterocycles. The molecule has 5 nitrogen and oxygen atoms in total. The molecule has 1 amide bonds. The van der Waals surface area contributed by atoms with Crippen LogP contribution in [0.2, 0.25) is 0 Å². The Bertz CT molecular complexity index is 701. The fraction of sp³-hybridized carbons (Fsp3) is 0.133. The number of rotatable bonds is 4. The quantitative estimate of drug-likeness (QED) is 0.693. The number of hydrogen-bond acceptors (Lipinski definition) is 3. The number of nitro groups is 1. The largest absolute Gasteiger partial charge is 0.323 e. The number of nitrogens with zero attached hydrogens (tertiary/aromatic N) is 1. The zero-order valence-electron chi connectivity index (χ0n) is 11.3. The van der Waals surface area contributed by atoms with Crippen molar-refractivity contribution in [1.29, 1.82) is 0 Å². The third-order valence-corrected chi connectivity index (χ3v) is 3.05. The van der Waals surface area contributed by atoms with E-state index >= 15 is 0 Å². The molecule has 0 unspecified atom stereocenters. The Morgan fingerprint density at radius 2 is 2.00 bits per heavy atom. The van der Waals surface area contributed by atoms with E-state index in [1.165, 1.54) is 0 Å². The first kappa shape index (κ1) is 14.6. The summed E-state index contributed by atoms with van der Waals surface area (Å²) in [7, 11) is 0. The summed E-state index contributed by atoms with van der Waals surface area (Å²) in [6, 6.07) is 10.4. The number of hydrogen-bond donors (Lipinski definition) is 1. The lowest BCUT2D eigenvalue weighted by atomic mass is 10.1. The van der Waals surface area contributed by atoms with E-state index in [0.717, 1.165) is 29.3 Å². The van der Waals surface area contributed by atoms with E-state index in [1.54, 1.807) is 6.07 Å². The molecule has 0 aromatic heterocycles. The van der Waals surface area contributed by atoms with Crippen LogP contribution in [0.1, 0.15) is 11.1 Å². The smallest absolute Gasteiger partial charge is 0.271 e. The highest BCUT2D eigenvalue weighted by atomic mass is 19.1. The van der Waals surface area contributed by atoms with Crippen LogP contribution in [0.5, 0.6) is 0 Å². The van der Waals surface area contributed by atoms with Crippen molar-refractivity contribution in [3.8, 4) is 0 Å². The molecular weight excluding hydrogens is 275 g/mol. The van der Waals surface area contributed by atoms with E-state index in [4.69, 9.17) is 0 Å². The number of amides is 1. The number of non-ortho nitro benzene ring substituents is 1. The maximum atomic E-state index is 13.6. The molecule has 2 rings (SSSR count). The predicted molar refractivity (Wildman–Crippen MR) is 76.6 cm³/mol. The highest BCUT2D eigenvalue weighted by molar-refractivity contribution is 5.92. The van der Waals surface area contributed by atoms with Crippen LogP contribution in [0.4, 0.5) is 15.8 Å². The second kappa shape index (κ2) is 6.13. The van der Waals surface area contributed by atoms with Gasteiger partial charge < -0.3 is 5.32 Å². The number of carbonyl (C=O) groups excluding carboxylic acids is 1. The van der Waals surface area contributed by atoms with Crippen LogP contribution >= 0.6 is 0 Å². The van der Waals surface area contributed by atoms with Crippen molar-refractivity contribution in [2.24, 2.45) is 0 Å². The normalized spacial score (nSPS) is 10.2. The second-order valence-corrected chi connectivity index (χ2v) is 4.57. The van der Waals surface area contributed by atoms with E-state index in [2.05, 4.69) is 5.32 Å². The number of benzene rings is 2. The SMILES string of the molecule is Cc1ccccc1CC(=O)Nc1cc([N+](=O)[O-])ccc1F. The van der Waals surface area contributed by atoms with Crippen molar-refractivity contribution in [2.45, 2.75) is 13.3 Å². The first-order chi connectivity index (χ1) is 9.97. The number of nitrogens with one attached hydrogen (secondary N) is 1. The molecule has 0 heterocycles. The first-order valence-electron chi connectivity index (χ1n) is 6.25. The molecule has 6 heteroatoms. The fourth-order valence-electron chi connectivity index (χ4n) is 1.90. The maximum Gasteiger partial charge on any atom is 0.271 e. The Hall–Kier alpha value is -2.76. The van der Waals surface area contributed by atoms with E-state index in [1.807, 2.05) is 25.1 Å². The Morgan fingerprint density at radius 1 is 1.29 bits per heavy atom. The molecular formula is C15H13FN2O3. The lowest BCUT2D eigenvalue weighted by Gasteiger charge is -2.08. The average molecular weight is 288 g/mol. The molecule has 0 saturated carbocycles. The molecule has 0 bridgehead atoms. The van der Waals surface area contributed by atoms with Gasteiger partial charge in [-0.25, -0.2) is 4.39 Å². The second-order valence-electron chi connectivity index (χ2n) is 4.57. The Labute approximate surface area is 120 Å². The standard InChI is InChI=1S/C15H13FN2O3/c1-10-4-2-3-5-11(10)8-15(19)17-14-9-12(18(20)21)6-7-13(14)16/h2-7,9H,8H2,1H3,(H,17,19). The van der Waals surface area contributed by atoms with Crippen LogP contribution in [-0.2, 0) is 11.2 Å². The Balaban J connectivity index is 2.15. The topological polar surface area (TPSA) is 72.2 Å². The molecule has 21 heavy (non-hydrogen) atoms.